The van der Waals surface area contributed by atoms with Crippen molar-refractivity contribution in [3.05, 3.63) is 70.3 Å². The average molecular weight is 439 g/mol. The van der Waals surface area contributed by atoms with Crippen molar-refractivity contribution < 1.29 is 22.4 Å². The van der Waals surface area contributed by atoms with Crippen LogP contribution in [0.5, 0.6) is 0 Å². The molecular formula is C20H18ClF3N4O2. The average Bonchev–Trinajstić information content (AvgIpc) is 3.33. The molecule has 30 heavy (non-hydrogen) atoms. The van der Waals surface area contributed by atoms with Crippen LogP contribution in [-0.4, -0.2) is 21.9 Å². The van der Waals surface area contributed by atoms with Crippen molar-refractivity contribution in [3.8, 4) is 0 Å². The highest BCUT2D eigenvalue weighted by molar-refractivity contribution is 6.36. The Morgan fingerprint density at radius 3 is 2.70 bits per heavy atom. The fourth-order valence-corrected chi connectivity index (χ4v) is 3.68. The topological polar surface area (TPSA) is 72.1 Å². The van der Waals surface area contributed by atoms with E-state index in [2.05, 4.69) is 15.7 Å². The predicted octanol–water partition coefficient (Wildman–Crippen LogP) is 5.03. The second kappa shape index (κ2) is 7.71. The Labute approximate surface area is 175 Å². The fraction of sp³-hybridized carbons (Fsp3) is 0.300. The summed E-state index contributed by atoms with van der Waals surface area (Å²) in [5, 5.41) is 9.32. The number of amides is 1. The van der Waals surface area contributed by atoms with Crippen molar-refractivity contribution >= 4 is 23.3 Å². The molecule has 0 saturated carbocycles. The molecule has 0 spiro atoms. The SMILES string of the molecule is Cc1ccc(C2CC(C(F)(F)F)n3nc(C(=O)NCc4ccco4)c(Cl)c3N2)cc1. The molecule has 1 amide bonds. The summed E-state index contributed by atoms with van der Waals surface area (Å²) < 4.78 is 47.3. The van der Waals surface area contributed by atoms with Crippen molar-refractivity contribution in [3.63, 3.8) is 0 Å². The molecule has 6 nitrogen and oxygen atoms in total. The Morgan fingerprint density at radius 2 is 2.07 bits per heavy atom. The second-order valence-electron chi connectivity index (χ2n) is 7.12. The lowest BCUT2D eigenvalue weighted by Gasteiger charge is -2.33. The largest absolute Gasteiger partial charge is 0.467 e. The van der Waals surface area contributed by atoms with Crippen molar-refractivity contribution in [2.75, 3.05) is 5.32 Å². The number of anilines is 1. The Kier molecular flexibility index (Phi) is 5.23. The molecule has 0 saturated heterocycles. The molecule has 2 unspecified atom stereocenters. The standard InChI is InChI=1S/C20H18ClF3N4O2/c1-11-4-6-12(7-5-11)14-9-15(20(22,23)24)28-18(26-14)16(21)17(27-28)19(29)25-10-13-3-2-8-30-13/h2-8,14-15,26H,9-10H2,1H3,(H,25,29). The van der Waals surface area contributed by atoms with Gasteiger partial charge in [0.2, 0.25) is 0 Å². The zero-order chi connectivity index (χ0) is 21.5. The summed E-state index contributed by atoms with van der Waals surface area (Å²) in [5.74, 6) is -0.221. The number of nitrogens with zero attached hydrogens (tertiary/aromatic N) is 2. The number of carbonyl (C=O) groups excluding carboxylic acids is 1. The van der Waals surface area contributed by atoms with Crippen molar-refractivity contribution in [2.24, 2.45) is 0 Å². The molecule has 1 aliphatic heterocycles. The lowest BCUT2D eigenvalue weighted by molar-refractivity contribution is -0.173. The van der Waals surface area contributed by atoms with Crippen LogP contribution in [0.3, 0.4) is 0 Å². The maximum absolute atomic E-state index is 13.8. The number of aromatic nitrogens is 2. The van der Waals surface area contributed by atoms with Gasteiger partial charge in [-0.2, -0.15) is 18.3 Å². The number of nitrogens with one attached hydrogen (secondary N) is 2. The Balaban J connectivity index is 1.65. The first-order valence-corrected chi connectivity index (χ1v) is 9.60. The van der Waals surface area contributed by atoms with E-state index in [9.17, 15) is 18.0 Å². The van der Waals surface area contributed by atoms with E-state index in [-0.39, 0.29) is 29.5 Å². The number of halogens is 4. The van der Waals surface area contributed by atoms with Crippen LogP contribution < -0.4 is 10.6 Å². The highest BCUT2D eigenvalue weighted by Gasteiger charge is 2.47. The summed E-state index contributed by atoms with van der Waals surface area (Å²) in [7, 11) is 0. The first-order chi connectivity index (χ1) is 14.2. The molecule has 0 bridgehead atoms. The number of fused-ring (bicyclic) bond motifs is 1. The summed E-state index contributed by atoms with van der Waals surface area (Å²) in [4.78, 5) is 12.5. The van der Waals surface area contributed by atoms with Gasteiger partial charge in [0, 0.05) is 6.42 Å². The van der Waals surface area contributed by atoms with Gasteiger partial charge in [0.25, 0.3) is 5.91 Å². The number of aryl methyl sites for hydroxylation is 1. The van der Waals surface area contributed by atoms with Crippen LogP contribution >= 0.6 is 11.6 Å². The van der Waals surface area contributed by atoms with Crippen molar-refractivity contribution in [2.45, 2.75) is 38.1 Å². The van der Waals surface area contributed by atoms with Crippen molar-refractivity contribution in [1.82, 2.24) is 15.1 Å². The van der Waals surface area contributed by atoms with E-state index in [1.165, 1.54) is 6.26 Å². The number of alkyl halides is 3. The summed E-state index contributed by atoms with van der Waals surface area (Å²) in [5.41, 5.74) is 1.42. The van der Waals surface area contributed by atoms with Crippen LogP contribution in [0.25, 0.3) is 0 Å². The van der Waals surface area contributed by atoms with Crippen LogP contribution in [-0.2, 0) is 6.54 Å². The molecule has 2 aromatic heterocycles. The van der Waals surface area contributed by atoms with Gasteiger partial charge in [0.15, 0.2) is 11.7 Å². The minimum atomic E-state index is -4.56. The zero-order valence-corrected chi connectivity index (χ0v) is 16.6. The van der Waals surface area contributed by atoms with Gasteiger partial charge in [0.05, 0.1) is 18.8 Å². The third-order valence-electron chi connectivity index (χ3n) is 4.99. The molecule has 3 heterocycles. The maximum Gasteiger partial charge on any atom is 0.410 e. The molecule has 4 rings (SSSR count). The number of rotatable bonds is 4. The van der Waals surface area contributed by atoms with Gasteiger partial charge in [-0.3, -0.25) is 4.79 Å². The monoisotopic (exact) mass is 438 g/mol. The molecular weight excluding hydrogens is 421 g/mol. The lowest BCUT2D eigenvalue weighted by Crippen LogP contribution is -2.35. The highest BCUT2D eigenvalue weighted by atomic mass is 35.5. The number of furan rings is 1. The van der Waals surface area contributed by atoms with Crippen LogP contribution in [0.2, 0.25) is 5.02 Å². The molecule has 1 aromatic carbocycles. The number of benzene rings is 1. The third kappa shape index (κ3) is 3.89. The molecule has 3 aromatic rings. The summed E-state index contributed by atoms with van der Waals surface area (Å²) in [6.07, 6.45) is -3.38. The van der Waals surface area contributed by atoms with E-state index >= 15 is 0 Å². The van der Waals surface area contributed by atoms with Gasteiger partial charge < -0.3 is 15.1 Å². The van der Waals surface area contributed by atoms with Gasteiger partial charge >= 0.3 is 6.18 Å². The van der Waals surface area contributed by atoms with Gasteiger partial charge in [-0.15, -0.1) is 0 Å². The van der Waals surface area contributed by atoms with Gasteiger partial charge in [-0.05, 0) is 24.6 Å². The minimum absolute atomic E-state index is 0.0287. The number of hydrogen-bond acceptors (Lipinski definition) is 4. The number of carbonyl (C=O) groups is 1. The lowest BCUT2D eigenvalue weighted by atomic mass is 9.96. The van der Waals surface area contributed by atoms with Gasteiger partial charge in [-0.1, -0.05) is 41.4 Å². The summed E-state index contributed by atoms with van der Waals surface area (Å²) in [6, 6.07) is 8.00. The Hall–Kier alpha value is -2.94. The summed E-state index contributed by atoms with van der Waals surface area (Å²) >= 11 is 6.29. The third-order valence-corrected chi connectivity index (χ3v) is 5.35. The van der Waals surface area contributed by atoms with Crippen LogP contribution in [0.4, 0.5) is 19.0 Å². The van der Waals surface area contributed by atoms with E-state index in [1.54, 1.807) is 24.3 Å². The number of hydrogen-bond donors (Lipinski definition) is 2. The fourth-order valence-electron chi connectivity index (χ4n) is 3.42. The first kappa shape index (κ1) is 20.3. The molecule has 2 atom stereocenters. The van der Waals surface area contributed by atoms with Gasteiger partial charge in [0.1, 0.15) is 16.6 Å². The predicted molar refractivity (Wildman–Crippen MR) is 104 cm³/mol. The van der Waals surface area contributed by atoms with E-state index in [4.69, 9.17) is 16.0 Å². The molecule has 0 aliphatic carbocycles. The zero-order valence-electron chi connectivity index (χ0n) is 15.8. The van der Waals surface area contributed by atoms with E-state index < -0.39 is 24.2 Å². The molecule has 158 valence electrons. The highest BCUT2D eigenvalue weighted by Crippen LogP contribution is 2.46. The normalized spacial score (nSPS) is 18.6. The molecule has 2 N–H and O–H groups in total. The minimum Gasteiger partial charge on any atom is -0.467 e. The summed E-state index contributed by atoms with van der Waals surface area (Å²) in [6.45, 7) is 1.96. The molecule has 0 radical (unpaired) electrons. The van der Waals surface area contributed by atoms with Crippen molar-refractivity contribution in [1.29, 1.82) is 0 Å². The van der Waals surface area contributed by atoms with Crippen LogP contribution in [0.1, 0.15) is 45.9 Å². The Morgan fingerprint density at radius 1 is 1.33 bits per heavy atom. The quantitative estimate of drug-likeness (QED) is 0.599. The van der Waals surface area contributed by atoms with E-state index in [1.807, 2.05) is 19.1 Å². The molecule has 1 aliphatic rings. The Bertz CT molecular complexity index is 1050. The van der Waals surface area contributed by atoms with Crippen LogP contribution in [0, 0.1) is 6.92 Å². The smallest absolute Gasteiger partial charge is 0.410 e. The van der Waals surface area contributed by atoms with Gasteiger partial charge in [-0.25, -0.2) is 4.68 Å². The second-order valence-corrected chi connectivity index (χ2v) is 7.50. The molecule has 10 heteroatoms. The first-order valence-electron chi connectivity index (χ1n) is 9.22. The maximum atomic E-state index is 13.8. The van der Waals surface area contributed by atoms with E-state index in [0.717, 1.165) is 10.2 Å². The van der Waals surface area contributed by atoms with E-state index in [0.29, 0.717) is 11.3 Å². The van der Waals surface area contributed by atoms with Crippen LogP contribution in [0.15, 0.2) is 47.1 Å². The molecule has 0 fully saturated rings.